The Kier molecular flexibility index (Phi) is 3.40. The molecule has 1 aromatic rings. The lowest BCUT2D eigenvalue weighted by molar-refractivity contribution is 0.0381. The van der Waals surface area contributed by atoms with Crippen LogP contribution in [0.15, 0.2) is 30.3 Å². The zero-order valence-electron chi connectivity index (χ0n) is 11.0. The van der Waals surface area contributed by atoms with E-state index in [1.54, 1.807) is 0 Å². The van der Waals surface area contributed by atoms with Crippen LogP contribution in [0.5, 0.6) is 0 Å². The molecule has 3 rings (SSSR count). The minimum absolute atomic E-state index is 0.155. The van der Waals surface area contributed by atoms with Gasteiger partial charge in [0.25, 0.3) is 0 Å². The van der Waals surface area contributed by atoms with Crippen LogP contribution in [-0.2, 0) is 10.2 Å². The fourth-order valence-corrected chi connectivity index (χ4v) is 3.32. The summed E-state index contributed by atoms with van der Waals surface area (Å²) in [5.41, 5.74) is 8.17. The van der Waals surface area contributed by atoms with Gasteiger partial charge in [0.05, 0.1) is 0 Å². The molecule has 1 saturated carbocycles. The summed E-state index contributed by atoms with van der Waals surface area (Å²) in [7, 11) is 0. The third kappa shape index (κ3) is 2.32. The summed E-state index contributed by atoms with van der Waals surface area (Å²) >= 11 is 0. The van der Waals surface area contributed by atoms with Crippen molar-refractivity contribution in [2.75, 3.05) is 13.2 Å². The summed E-state index contributed by atoms with van der Waals surface area (Å²) in [6.07, 6.45) is 6.11. The van der Waals surface area contributed by atoms with Gasteiger partial charge >= 0.3 is 0 Å². The summed E-state index contributed by atoms with van der Waals surface area (Å²) in [5, 5.41) is 0. The molecule has 2 heteroatoms. The van der Waals surface area contributed by atoms with Crippen LogP contribution in [-0.4, -0.2) is 19.3 Å². The van der Waals surface area contributed by atoms with Crippen molar-refractivity contribution in [2.45, 2.75) is 43.6 Å². The molecule has 1 aliphatic carbocycles. The fourth-order valence-electron chi connectivity index (χ4n) is 3.32. The standard InChI is InChI=1S/C16H23NO/c17-15(12-13-6-7-13)16(8-10-18-11-9-16)14-4-2-1-3-5-14/h1-5,13,15H,6-12,17H2. The highest BCUT2D eigenvalue weighted by molar-refractivity contribution is 5.28. The van der Waals surface area contributed by atoms with Crippen LogP contribution in [0.2, 0.25) is 0 Å². The maximum atomic E-state index is 6.60. The number of benzene rings is 1. The van der Waals surface area contributed by atoms with E-state index in [-0.39, 0.29) is 11.5 Å². The van der Waals surface area contributed by atoms with Crippen LogP contribution in [0.1, 0.15) is 37.7 Å². The van der Waals surface area contributed by atoms with Crippen molar-refractivity contribution in [3.8, 4) is 0 Å². The first-order valence-corrected chi connectivity index (χ1v) is 7.20. The molecule has 0 aromatic heterocycles. The van der Waals surface area contributed by atoms with Gasteiger partial charge in [0.15, 0.2) is 0 Å². The summed E-state index contributed by atoms with van der Waals surface area (Å²) in [6.45, 7) is 1.71. The number of hydrogen-bond acceptors (Lipinski definition) is 2. The van der Waals surface area contributed by atoms with Crippen LogP contribution in [0, 0.1) is 5.92 Å². The van der Waals surface area contributed by atoms with Gasteiger partial charge in [-0.05, 0) is 30.7 Å². The average Bonchev–Trinajstić information content (AvgIpc) is 3.24. The second kappa shape index (κ2) is 5.02. The molecule has 1 atom stereocenters. The summed E-state index contributed by atoms with van der Waals surface area (Å²) < 4.78 is 5.56. The lowest BCUT2D eigenvalue weighted by atomic mass is 9.67. The van der Waals surface area contributed by atoms with E-state index in [0.717, 1.165) is 32.0 Å². The van der Waals surface area contributed by atoms with Crippen LogP contribution in [0.25, 0.3) is 0 Å². The molecule has 1 heterocycles. The molecule has 1 aromatic carbocycles. The molecule has 98 valence electrons. The largest absolute Gasteiger partial charge is 0.381 e. The van der Waals surface area contributed by atoms with Crippen molar-refractivity contribution >= 4 is 0 Å². The summed E-state index contributed by atoms with van der Waals surface area (Å²) in [5.74, 6) is 0.892. The van der Waals surface area contributed by atoms with Gasteiger partial charge in [0.1, 0.15) is 0 Å². The predicted octanol–water partition coefficient (Wildman–Crippen LogP) is 2.86. The quantitative estimate of drug-likeness (QED) is 0.885. The SMILES string of the molecule is NC(CC1CC1)C1(c2ccccc2)CCOCC1. The first-order chi connectivity index (χ1) is 8.81. The first-order valence-electron chi connectivity index (χ1n) is 7.20. The molecular formula is C16H23NO. The summed E-state index contributed by atoms with van der Waals surface area (Å²) in [4.78, 5) is 0. The Morgan fingerprint density at radius 2 is 1.83 bits per heavy atom. The normalized spacial score (nSPS) is 24.7. The zero-order chi connectivity index (χ0) is 12.4. The first kappa shape index (κ1) is 12.2. The van der Waals surface area contributed by atoms with E-state index in [1.807, 2.05) is 0 Å². The Morgan fingerprint density at radius 3 is 2.44 bits per heavy atom. The molecule has 2 N–H and O–H groups in total. The third-order valence-electron chi connectivity index (χ3n) is 4.73. The Hall–Kier alpha value is -0.860. The van der Waals surface area contributed by atoms with E-state index in [4.69, 9.17) is 10.5 Å². The van der Waals surface area contributed by atoms with Crippen LogP contribution < -0.4 is 5.73 Å². The van der Waals surface area contributed by atoms with E-state index < -0.39 is 0 Å². The number of hydrogen-bond donors (Lipinski definition) is 1. The van der Waals surface area contributed by atoms with Gasteiger partial charge in [0.2, 0.25) is 0 Å². The molecular weight excluding hydrogens is 222 g/mol. The maximum Gasteiger partial charge on any atom is 0.0475 e. The maximum absolute atomic E-state index is 6.60. The second-order valence-electron chi connectivity index (χ2n) is 5.92. The fraction of sp³-hybridized carbons (Fsp3) is 0.625. The molecule has 0 spiro atoms. The van der Waals surface area contributed by atoms with Crippen molar-refractivity contribution in [3.63, 3.8) is 0 Å². The minimum Gasteiger partial charge on any atom is -0.381 e. The predicted molar refractivity (Wildman–Crippen MR) is 73.5 cm³/mol. The van der Waals surface area contributed by atoms with Crippen LogP contribution in [0.4, 0.5) is 0 Å². The van der Waals surface area contributed by atoms with Crippen molar-refractivity contribution in [1.82, 2.24) is 0 Å². The monoisotopic (exact) mass is 245 g/mol. The summed E-state index contributed by atoms with van der Waals surface area (Å²) in [6, 6.07) is 11.1. The van der Waals surface area contributed by atoms with Gasteiger partial charge < -0.3 is 10.5 Å². The Balaban J connectivity index is 1.86. The molecule has 1 aliphatic heterocycles. The third-order valence-corrected chi connectivity index (χ3v) is 4.73. The molecule has 2 fully saturated rings. The van der Waals surface area contributed by atoms with Crippen molar-refractivity contribution in [2.24, 2.45) is 11.7 Å². The highest BCUT2D eigenvalue weighted by Crippen LogP contribution is 2.43. The molecule has 0 radical (unpaired) electrons. The van der Waals surface area contributed by atoms with Crippen molar-refractivity contribution < 1.29 is 4.74 Å². The van der Waals surface area contributed by atoms with Gasteiger partial charge in [-0.3, -0.25) is 0 Å². The van der Waals surface area contributed by atoms with E-state index in [0.29, 0.717) is 0 Å². The minimum atomic E-state index is 0.155. The van der Waals surface area contributed by atoms with E-state index in [1.165, 1.54) is 24.8 Å². The molecule has 2 nitrogen and oxygen atoms in total. The highest BCUT2D eigenvalue weighted by atomic mass is 16.5. The van der Waals surface area contributed by atoms with Gasteiger partial charge in [-0.15, -0.1) is 0 Å². The molecule has 1 unspecified atom stereocenters. The number of rotatable bonds is 4. The second-order valence-corrected chi connectivity index (χ2v) is 5.92. The van der Waals surface area contributed by atoms with Crippen LogP contribution >= 0.6 is 0 Å². The molecule has 0 amide bonds. The topological polar surface area (TPSA) is 35.2 Å². The lowest BCUT2D eigenvalue weighted by Gasteiger charge is -2.42. The van der Waals surface area contributed by atoms with Gasteiger partial charge in [0, 0.05) is 24.7 Å². The van der Waals surface area contributed by atoms with Gasteiger partial charge in [-0.25, -0.2) is 0 Å². The van der Waals surface area contributed by atoms with Gasteiger partial charge in [-0.2, -0.15) is 0 Å². The Labute approximate surface area is 110 Å². The molecule has 1 saturated heterocycles. The van der Waals surface area contributed by atoms with E-state index in [9.17, 15) is 0 Å². The zero-order valence-corrected chi connectivity index (χ0v) is 11.0. The molecule has 18 heavy (non-hydrogen) atoms. The van der Waals surface area contributed by atoms with Crippen molar-refractivity contribution in [1.29, 1.82) is 0 Å². The average molecular weight is 245 g/mol. The van der Waals surface area contributed by atoms with E-state index >= 15 is 0 Å². The smallest absolute Gasteiger partial charge is 0.0475 e. The molecule has 0 bridgehead atoms. The number of ether oxygens (including phenoxy) is 1. The van der Waals surface area contributed by atoms with Crippen LogP contribution in [0.3, 0.4) is 0 Å². The highest BCUT2D eigenvalue weighted by Gasteiger charge is 2.41. The lowest BCUT2D eigenvalue weighted by Crippen LogP contribution is -2.49. The molecule has 2 aliphatic rings. The van der Waals surface area contributed by atoms with Crippen molar-refractivity contribution in [3.05, 3.63) is 35.9 Å². The number of nitrogens with two attached hydrogens (primary N) is 1. The Morgan fingerprint density at radius 1 is 1.17 bits per heavy atom. The van der Waals surface area contributed by atoms with E-state index in [2.05, 4.69) is 30.3 Å². The van der Waals surface area contributed by atoms with Gasteiger partial charge in [-0.1, -0.05) is 43.2 Å². The Bertz CT molecular complexity index is 379.